The van der Waals surface area contributed by atoms with E-state index in [1.54, 1.807) is 122 Å². The van der Waals surface area contributed by atoms with Crippen LogP contribution in [0.3, 0.4) is 0 Å². The number of anilines is 3. The van der Waals surface area contributed by atoms with Gasteiger partial charge in [0.1, 0.15) is 11.5 Å². The summed E-state index contributed by atoms with van der Waals surface area (Å²) in [5.74, 6) is -0.708. The number of nitrogens with one attached hydrogen (secondary N) is 2. The standard InChI is InChI=1S/C48H52N4O9Si/c1-31-44(62(4,5)58)42(28-43(54)51(24-25-53)29-32-10-7-6-8-11-32)61-48(31)40-27-37(50-46(56)35-16-21-39(60-3)22-17-35)18-23-41(40)52(47(48)57)30-33-12-9-13-36(26-33)49-45(55)34-14-19-38(59-2)20-15-34/h6-23,26-27,31,42,44,53,58H,24-25,28-30H2,1-5H3,(H,49,55)(H,50,56)/t31-,42+,44-,48+/m0/s1. The predicted molar refractivity (Wildman–Crippen MR) is 239 cm³/mol. The van der Waals surface area contributed by atoms with Gasteiger partial charge >= 0.3 is 0 Å². The van der Waals surface area contributed by atoms with Crippen LogP contribution in [0, 0.1) is 5.92 Å². The zero-order chi connectivity index (χ0) is 44.2. The van der Waals surface area contributed by atoms with E-state index in [9.17, 15) is 24.3 Å². The molecule has 4 amide bonds. The molecule has 1 saturated heterocycles. The number of hydrogen-bond acceptors (Lipinski definition) is 9. The van der Waals surface area contributed by atoms with Crippen molar-refractivity contribution < 1.29 is 43.3 Å². The molecule has 2 aliphatic rings. The molecule has 4 atom stereocenters. The number of hydrogen-bond donors (Lipinski definition) is 4. The zero-order valence-corrected chi connectivity index (χ0v) is 36.5. The lowest BCUT2D eigenvalue weighted by molar-refractivity contribution is -0.150. The number of fused-ring (bicyclic) bond motifs is 2. The first-order chi connectivity index (χ1) is 29.7. The Labute approximate surface area is 362 Å². The summed E-state index contributed by atoms with van der Waals surface area (Å²) >= 11 is 0. The third-order valence-electron chi connectivity index (χ3n) is 11.8. The largest absolute Gasteiger partial charge is 0.497 e. The topological polar surface area (TPSA) is 167 Å². The van der Waals surface area contributed by atoms with E-state index < -0.39 is 31.5 Å². The number of amides is 4. The molecule has 5 aromatic rings. The molecule has 1 fully saturated rings. The van der Waals surface area contributed by atoms with Gasteiger partial charge in [-0.05, 0) is 103 Å². The highest BCUT2D eigenvalue weighted by atomic mass is 28.4. The lowest BCUT2D eigenvalue weighted by atomic mass is 9.82. The van der Waals surface area contributed by atoms with Crippen molar-refractivity contribution in [3.63, 3.8) is 0 Å². The summed E-state index contributed by atoms with van der Waals surface area (Å²) in [5, 5.41) is 15.9. The molecular weight excluding hydrogens is 805 g/mol. The van der Waals surface area contributed by atoms with Gasteiger partial charge < -0.3 is 44.5 Å². The SMILES string of the molecule is COc1ccc(C(=O)Nc2cccc(CN3C(=O)[C@]4(O[C@H](CC(=O)N(CCO)Cc5ccccc5)[C@@H]([Si](C)(C)O)[C@@H]4C)c4cc(NC(=O)c5ccc(OC)cc5)ccc43)c2)cc1. The first kappa shape index (κ1) is 43.8. The summed E-state index contributed by atoms with van der Waals surface area (Å²) in [6, 6.07) is 35.4. The van der Waals surface area contributed by atoms with Crippen molar-refractivity contribution in [2.45, 2.75) is 56.8 Å². The fraction of sp³-hybridized carbons (Fsp3) is 0.292. The maximum Gasteiger partial charge on any atom is 0.264 e. The van der Waals surface area contributed by atoms with E-state index in [0.29, 0.717) is 45.3 Å². The number of aliphatic hydroxyl groups excluding tert-OH is 1. The fourth-order valence-corrected chi connectivity index (χ4v) is 11.4. The first-order valence-electron chi connectivity index (χ1n) is 20.5. The van der Waals surface area contributed by atoms with Crippen molar-refractivity contribution in [2.24, 2.45) is 5.92 Å². The van der Waals surface area contributed by atoms with Gasteiger partial charge in [-0.1, -0.05) is 49.4 Å². The van der Waals surface area contributed by atoms with Crippen LogP contribution in [0.1, 0.15) is 50.8 Å². The normalized spacial score (nSPS) is 19.2. The van der Waals surface area contributed by atoms with Crippen LogP contribution in [0.25, 0.3) is 0 Å². The Bertz CT molecular complexity index is 2420. The Kier molecular flexibility index (Phi) is 12.9. The van der Waals surface area contributed by atoms with Gasteiger partial charge in [-0.15, -0.1) is 0 Å². The van der Waals surface area contributed by atoms with Gasteiger partial charge in [0.2, 0.25) is 5.91 Å². The number of rotatable bonds is 15. The molecule has 322 valence electrons. The molecule has 0 aliphatic carbocycles. The summed E-state index contributed by atoms with van der Waals surface area (Å²) in [4.78, 5) is 71.3. The lowest BCUT2D eigenvalue weighted by Gasteiger charge is -2.32. The van der Waals surface area contributed by atoms with Crippen molar-refractivity contribution >= 4 is 49.0 Å². The molecule has 0 radical (unpaired) electrons. The Morgan fingerprint density at radius 2 is 1.37 bits per heavy atom. The van der Waals surface area contributed by atoms with Crippen LogP contribution in [0.5, 0.6) is 11.5 Å². The van der Waals surface area contributed by atoms with Crippen LogP contribution in [0.2, 0.25) is 18.6 Å². The van der Waals surface area contributed by atoms with Gasteiger partial charge in [-0.25, -0.2) is 0 Å². The van der Waals surface area contributed by atoms with E-state index in [0.717, 1.165) is 11.1 Å². The molecule has 0 bridgehead atoms. The van der Waals surface area contributed by atoms with Crippen molar-refractivity contribution in [3.8, 4) is 11.5 Å². The van der Waals surface area contributed by atoms with E-state index in [-0.39, 0.29) is 56.3 Å². The summed E-state index contributed by atoms with van der Waals surface area (Å²) in [6.45, 7) is 5.69. The smallest absolute Gasteiger partial charge is 0.264 e. The molecule has 0 saturated carbocycles. The molecule has 4 N–H and O–H groups in total. The third-order valence-corrected chi connectivity index (χ3v) is 14.3. The van der Waals surface area contributed by atoms with Gasteiger partial charge in [0.25, 0.3) is 17.7 Å². The van der Waals surface area contributed by atoms with E-state index >= 15 is 4.79 Å². The Morgan fingerprint density at radius 3 is 1.94 bits per heavy atom. The summed E-state index contributed by atoms with van der Waals surface area (Å²) < 4.78 is 17.5. The van der Waals surface area contributed by atoms with Gasteiger partial charge in [0.15, 0.2) is 13.9 Å². The van der Waals surface area contributed by atoms with E-state index in [1.807, 2.05) is 43.3 Å². The number of benzene rings is 5. The van der Waals surface area contributed by atoms with Crippen molar-refractivity contribution in [3.05, 3.63) is 149 Å². The molecule has 0 aromatic heterocycles. The Morgan fingerprint density at radius 1 is 0.790 bits per heavy atom. The average Bonchev–Trinajstić information content (AvgIpc) is 3.69. The zero-order valence-electron chi connectivity index (χ0n) is 35.5. The molecule has 14 heteroatoms. The second-order valence-electron chi connectivity index (χ2n) is 16.3. The number of nitrogens with zero attached hydrogens (tertiary/aromatic N) is 2. The van der Waals surface area contributed by atoms with E-state index in [1.165, 1.54) is 0 Å². The third kappa shape index (κ3) is 9.00. The van der Waals surface area contributed by atoms with Crippen LogP contribution < -0.4 is 25.0 Å². The molecule has 5 aromatic carbocycles. The molecule has 2 heterocycles. The van der Waals surface area contributed by atoms with Crippen LogP contribution in [0.4, 0.5) is 17.1 Å². The number of aliphatic hydroxyl groups is 1. The van der Waals surface area contributed by atoms with Gasteiger partial charge in [0, 0.05) is 52.6 Å². The van der Waals surface area contributed by atoms with Gasteiger partial charge in [0.05, 0.1) is 45.6 Å². The second kappa shape index (κ2) is 18.3. The van der Waals surface area contributed by atoms with Crippen molar-refractivity contribution in [1.82, 2.24) is 4.90 Å². The van der Waals surface area contributed by atoms with Crippen LogP contribution in [-0.2, 0) is 33.0 Å². The van der Waals surface area contributed by atoms with Crippen LogP contribution in [-0.4, -0.2) is 80.2 Å². The molecular formula is C48H52N4O9Si. The first-order valence-corrected chi connectivity index (χ1v) is 23.6. The molecule has 62 heavy (non-hydrogen) atoms. The predicted octanol–water partition coefficient (Wildman–Crippen LogP) is 6.96. The fourth-order valence-electron chi connectivity index (χ4n) is 8.85. The summed E-state index contributed by atoms with van der Waals surface area (Å²) in [7, 11) is -0.0729. The monoisotopic (exact) mass is 856 g/mol. The minimum absolute atomic E-state index is 0.0954. The summed E-state index contributed by atoms with van der Waals surface area (Å²) in [5.41, 5.74) is 2.26. The maximum atomic E-state index is 15.3. The number of methoxy groups -OCH3 is 2. The molecule has 1 spiro atoms. The maximum absolute atomic E-state index is 15.3. The lowest BCUT2D eigenvalue weighted by Crippen LogP contribution is -2.46. The number of ether oxygens (including phenoxy) is 3. The molecule has 2 aliphatic heterocycles. The molecule has 0 unspecified atom stereocenters. The molecule has 13 nitrogen and oxygen atoms in total. The second-order valence-corrected chi connectivity index (χ2v) is 20.3. The summed E-state index contributed by atoms with van der Waals surface area (Å²) in [6.07, 6.45) is -0.987. The van der Waals surface area contributed by atoms with Gasteiger partial charge in [-0.3, -0.25) is 19.2 Å². The minimum Gasteiger partial charge on any atom is -0.497 e. The molecule has 7 rings (SSSR count). The quantitative estimate of drug-likeness (QED) is 0.0814. The van der Waals surface area contributed by atoms with Crippen LogP contribution >= 0.6 is 0 Å². The highest BCUT2D eigenvalue weighted by molar-refractivity contribution is 6.71. The van der Waals surface area contributed by atoms with E-state index in [2.05, 4.69) is 10.6 Å². The average molecular weight is 857 g/mol. The van der Waals surface area contributed by atoms with Gasteiger partial charge in [-0.2, -0.15) is 0 Å². The van der Waals surface area contributed by atoms with E-state index in [4.69, 9.17) is 14.2 Å². The number of carbonyl (C=O) groups excluding carboxylic acids is 4. The van der Waals surface area contributed by atoms with Crippen molar-refractivity contribution in [2.75, 3.05) is 42.9 Å². The van der Waals surface area contributed by atoms with Crippen LogP contribution in [0.15, 0.2) is 121 Å². The highest BCUT2D eigenvalue weighted by Crippen LogP contribution is 2.60. The number of carbonyl (C=O) groups is 4. The van der Waals surface area contributed by atoms with Crippen molar-refractivity contribution in [1.29, 1.82) is 0 Å². The minimum atomic E-state index is -3.18. The highest BCUT2D eigenvalue weighted by Gasteiger charge is 2.66. The Hall–Kier alpha value is -6.32. The Balaban J connectivity index is 1.23.